The summed E-state index contributed by atoms with van der Waals surface area (Å²) in [7, 11) is 0. The molecule has 21 heavy (non-hydrogen) atoms. The molecule has 0 atom stereocenters. The molecule has 0 radical (unpaired) electrons. The number of benzene rings is 1. The maximum Gasteiger partial charge on any atom is 0.271 e. The number of carbonyl (C=O) groups excluding carboxylic acids is 1. The third kappa shape index (κ3) is 3.93. The summed E-state index contributed by atoms with van der Waals surface area (Å²) in [5.74, 6) is -0.348. The summed E-state index contributed by atoms with van der Waals surface area (Å²) >= 11 is 0. The first-order valence-corrected chi connectivity index (χ1v) is 6.07. The predicted molar refractivity (Wildman–Crippen MR) is 77.1 cm³/mol. The quantitative estimate of drug-likeness (QED) is 0.528. The molecule has 1 amide bonds. The Labute approximate surface area is 120 Å². The highest BCUT2D eigenvalue weighted by atomic mass is 16.6. The van der Waals surface area contributed by atoms with Crippen molar-refractivity contribution < 1.29 is 9.72 Å². The first-order chi connectivity index (χ1) is 10.1. The zero-order valence-electron chi connectivity index (χ0n) is 11.2. The maximum absolute atomic E-state index is 11.8. The van der Waals surface area contributed by atoms with E-state index >= 15 is 0 Å². The van der Waals surface area contributed by atoms with Crippen molar-refractivity contribution in [1.82, 2.24) is 10.4 Å². The Balaban J connectivity index is 1.99. The Morgan fingerprint density at radius 3 is 2.67 bits per heavy atom. The summed E-state index contributed by atoms with van der Waals surface area (Å²) in [5.41, 5.74) is 4.23. The molecule has 7 nitrogen and oxygen atoms in total. The molecule has 106 valence electrons. The SMILES string of the molecule is Cc1cc(C(=O)N/N=C\c2ccc([N+](=O)[O-])cc2)ccn1. The van der Waals surface area contributed by atoms with Crippen LogP contribution in [0.3, 0.4) is 0 Å². The Morgan fingerprint density at radius 1 is 1.33 bits per heavy atom. The van der Waals surface area contributed by atoms with E-state index in [-0.39, 0.29) is 11.6 Å². The van der Waals surface area contributed by atoms with Gasteiger partial charge in [0.15, 0.2) is 0 Å². The van der Waals surface area contributed by atoms with Gasteiger partial charge in [-0.25, -0.2) is 5.43 Å². The summed E-state index contributed by atoms with van der Waals surface area (Å²) in [6.45, 7) is 1.79. The second-order valence-electron chi connectivity index (χ2n) is 4.23. The highest BCUT2D eigenvalue weighted by Crippen LogP contribution is 2.10. The van der Waals surface area contributed by atoms with Gasteiger partial charge in [-0.3, -0.25) is 19.9 Å². The summed E-state index contributed by atoms with van der Waals surface area (Å²) in [6, 6.07) is 9.07. The van der Waals surface area contributed by atoms with Gasteiger partial charge in [-0.05, 0) is 36.8 Å². The standard InChI is InChI=1S/C14H12N4O3/c1-10-8-12(6-7-15-10)14(19)17-16-9-11-2-4-13(5-3-11)18(20)21/h2-9H,1H3,(H,17,19)/b16-9-. The number of hydrogen-bond donors (Lipinski definition) is 1. The van der Waals surface area contributed by atoms with Crippen molar-refractivity contribution in [3.63, 3.8) is 0 Å². The van der Waals surface area contributed by atoms with E-state index in [4.69, 9.17) is 0 Å². The van der Waals surface area contributed by atoms with Crippen molar-refractivity contribution in [3.05, 3.63) is 69.5 Å². The molecular weight excluding hydrogens is 272 g/mol. The van der Waals surface area contributed by atoms with Gasteiger partial charge >= 0.3 is 0 Å². The second kappa shape index (κ2) is 6.38. The predicted octanol–water partition coefficient (Wildman–Crippen LogP) is 2.06. The minimum absolute atomic E-state index is 0.00319. The number of rotatable bonds is 4. The average molecular weight is 284 g/mol. The molecule has 7 heteroatoms. The fraction of sp³-hybridized carbons (Fsp3) is 0.0714. The minimum Gasteiger partial charge on any atom is -0.267 e. The van der Waals surface area contributed by atoms with Gasteiger partial charge in [0, 0.05) is 29.6 Å². The number of carbonyl (C=O) groups is 1. The van der Waals surface area contributed by atoms with Gasteiger partial charge in [0.1, 0.15) is 0 Å². The first-order valence-electron chi connectivity index (χ1n) is 6.07. The van der Waals surface area contributed by atoms with E-state index in [1.807, 2.05) is 0 Å². The van der Waals surface area contributed by atoms with Crippen LogP contribution >= 0.6 is 0 Å². The molecule has 0 saturated carbocycles. The fourth-order valence-electron chi connectivity index (χ4n) is 1.60. The zero-order valence-corrected chi connectivity index (χ0v) is 11.2. The van der Waals surface area contributed by atoms with E-state index in [9.17, 15) is 14.9 Å². The topological polar surface area (TPSA) is 97.5 Å². The number of nitrogens with zero attached hydrogens (tertiary/aromatic N) is 3. The normalized spacial score (nSPS) is 10.5. The Hall–Kier alpha value is -3.09. The molecule has 1 aromatic carbocycles. The third-order valence-electron chi connectivity index (χ3n) is 2.64. The van der Waals surface area contributed by atoms with E-state index in [1.54, 1.807) is 37.4 Å². The van der Waals surface area contributed by atoms with Crippen molar-refractivity contribution in [2.45, 2.75) is 6.92 Å². The molecule has 0 saturated heterocycles. The van der Waals surface area contributed by atoms with Crippen molar-refractivity contribution >= 4 is 17.8 Å². The number of nitro groups is 1. The van der Waals surface area contributed by atoms with Crippen LogP contribution in [0.25, 0.3) is 0 Å². The summed E-state index contributed by atoms with van der Waals surface area (Å²) in [6.07, 6.45) is 2.96. The summed E-state index contributed by atoms with van der Waals surface area (Å²) < 4.78 is 0. The molecule has 1 aromatic heterocycles. The smallest absolute Gasteiger partial charge is 0.267 e. The molecule has 0 unspecified atom stereocenters. The van der Waals surface area contributed by atoms with Gasteiger partial charge in [-0.2, -0.15) is 5.10 Å². The molecule has 1 N–H and O–H groups in total. The van der Waals surface area contributed by atoms with Gasteiger partial charge in [0.25, 0.3) is 11.6 Å². The third-order valence-corrected chi connectivity index (χ3v) is 2.64. The van der Waals surface area contributed by atoms with E-state index in [2.05, 4.69) is 15.5 Å². The second-order valence-corrected chi connectivity index (χ2v) is 4.23. The van der Waals surface area contributed by atoms with Crippen LogP contribution in [0.1, 0.15) is 21.6 Å². The molecule has 0 aliphatic heterocycles. The molecule has 0 spiro atoms. The van der Waals surface area contributed by atoms with Crippen LogP contribution in [0, 0.1) is 17.0 Å². The number of aromatic nitrogens is 1. The number of aryl methyl sites for hydroxylation is 1. The summed E-state index contributed by atoms with van der Waals surface area (Å²) in [4.78, 5) is 25.8. The van der Waals surface area contributed by atoms with Gasteiger partial charge < -0.3 is 0 Å². The molecule has 2 aromatic rings. The molecule has 0 aliphatic carbocycles. The van der Waals surface area contributed by atoms with E-state index in [0.717, 1.165) is 5.69 Å². The number of nitrogens with one attached hydrogen (secondary N) is 1. The van der Waals surface area contributed by atoms with E-state index < -0.39 is 4.92 Å². The van der Waals surface area contributed by atoms with Crippen LogP contribution in [-0.2, 0) is 0 Å². The van der Waals surface area contributed by atoms with Crippen molar-refractivity contribution in [3.8, 4) is 0 Å². The van der Waals surface area contributed by atoms with Gasteiger partial charge in [0.2, 0.25) is 0 Å². The van der Waals surface area contributed by atoms with Crippen LogP contribution in [0.2, 0.25) is 0 Å². The molecule has 2 rings (SSSR count). The number of hydrazone groups is 1. The lowest BCUT2D eigenvalue weighted by molar-refractivity contribution is -0.384. The maximum atomic E-state index is 11.8. The summed E-state index contributed by atoms with van der Waals surface area (Å²) in [5, 5.41) is 14.3. The Bertz CT molecular complexity index is 696. The first kappa shape index (κ1) is 14.3. The van der Waals surface area contributed by atoms with Crippen LogP contribution in [0.4, 0.5) is 5.69 Å². The Kier molecular flexibility index (Phi) is 4.35. The lowest BCUT2D eigenvalue weighted by atomic mass is 10.2. The van der Waals surface area contributed by atoms with Gasteiger partial charge in [-0.15, -0.1) is 0 Å². The van der Waals surface area contributed by atoms with Crippen LogP contribution in [-0.4, -0.2) is 22.0 Å². The van der Waals surface area contributed by atoms with E-state index in [1.165, 1.54) is 18.3 Å². The van der Waals surface area contributed by atoms with Crippen LogP contribution in [0.5, 0.6) is 0 Å². The van der Waals surface area contributed by atoms with Gasteiger partial charge in [-0.1, -0.05) is 0 Å². The van der Waals surface area contributed by atoms with Crippen LogP contribution in [0.15, 0.2) is 47.7 Å². The molecular formula is C14H12N4O3. The number of amides is 1. The van der Waals surface area contributed by atoms with Crippen molar-refractivity contribution in [2.24, 2.45) is 5.10 Å². The monoisotopic (exact) mass is 284 g/mol. The lowest BCUT2D eigenvalue weighted by Crippen LogP contribution is -2.17. The molecule has 0 bridgehead atoms. The Morgan fingerprint density at radius 2 is 2.05 bits per heavy atom. The lowest BCUT2D eigenvalue weighted by Gasteiger charge is -2.00. The molecule has 0 aliphatic rings. The van der Waals surface area contributed by atoms with Crippen molar-refractivity contribution in [2.75, 3.05) is 0 Å². The average Bonchev–Trinajstić information content (AvgIpc) is 2.47. The molecule has 1 heterocycles. The highest BCUT2D eigenvalue weighted by molar-refractivity contribution is 5.94. The zero-order chi connectivity index (χ0) is 15.2. The van der Waals surface area contributed by atoms with Gasteiger partial charge in [0.05, 0.1) is 11.1 Å². The largest absolute Gasteiger partial charge is 0.271 e. The number of hydrogen-bond acceptors (Lipinski definition) is 5. The number of non-ortho nitro benzene ring substituents is 1. The van der Waals surface area contributed by atoms with Crippen LogP contribution < -0.4 is 5.43 Å². The minimum atomic E-state index is -0.478. The van der Waals surface area contributed by atoms with Crippen molar-refractivity contribution in [1.29, 1.82) is 0 Å². The van der Waals surface area contributed by atoms with E-state index in [0.29, 0.717) is 11.1 Å². The highest BCUT2D eigenvalue weighted by Gasteiger charge is 2.04. The number of nitro benzene ring substituents is 1. The molecule has 0 fully saturated rings. The fourth-order valence-corrected chi connectivity index (χ4v) is 1.60. The number of pyridine rings is 1.